The largest absolute Gasteiger partial charge is 0.506 e. The highest BCUT2D eigenvalue weighted by molar-refractivity contribution is 5.91. The summed E-state index contributed by atoms with van der Waals surface area (Å²) in [5, 5.41) is 33.5. The van der Waals surface area contributed by atoms with Crippen molar-refractivity contribution >= 4 is 5.91 Å². The predicted octanol–water partition coefficient (Wildman–Crippen LogP) is 0.109. The third-order valence-electron chi connectivity index (χ3n) is 4.64. The Bertz CT molecular complexity index is 770. The van der Waals surface area contributed by atoms with Gasteiger partial charge in [-0.25, -0.2) is 0 Å². The van der Waals surface area contributed by atoms with Crippen molar-refractivity contribution < 1.29 is 15.0 Å². The Hall–Kier alpha value is -2.52. The average Bonchev–Trinajstić information content (AvgIpc) is 3.12. The van der Waals surface area contributed by atoms with Crippen LogP contribution in [0.2, 0.25) is 0 Å². The highest BCUT2D eigenvalue weighted by Gasteiger charge is 2.17. The molecule has 3 heterocycles. The van der Waals surface area contributed by atoms with Crippen LogP contribution in [0.1, 0.15) is 40.2 Å². The van der Waals surface area contributed by atoms with Crippen LogP contribution in [0, 0.1) is 12.8 Å². The Morgan fingerprint density at radius 1 is 1.50 bits per heavy atom. The number of aliphatic hydroxyl groups excluding tert-OH is 1. The van der Waals surface area contributed by atoms with E-state index in [1.54, 1.807) is 17.8 Å². The molecule has 1 aliphatic rings. The molecule has 1 saturated heterocycles. The summed E-state index contributed by atoms with van der Waals surface area (Å²) < 4.78 is 1.69. The number of rotatable bonds is 6. The van der Waals surface area contributed by atoms with E-state index in [0.29, 0.717) is 22.7 Å². The van der Waals surface area contributed by atoms with Crippen LogP contribution in [-0.4, -0.2) is 49.2 Å². The van der Waals surface area contributed by atoms with E-state index in [1.165, 1.54) is 6.20 Å². The molecule has 4 N–H and O–H groups in total. The molecule has 0 saturated carbocycles. The molecule has 1 atom stereocenters. The van der Waals surface area contributed by atoms with Crippen molar-refractivity contribution in [2.24, 2.45) is 5.92 Å². The molecular formula is C17H24N6O3. The maximum Gasteiger partial charge on any atom is 0.273 e. The number of nitrogens with one attached hydrogen (secondary N) is 2. The number of nitrogens with zero attached hydrogens (tertiary/aromatic N) is 4. The summed E-state index contributed by atoms with van der Waals surface area (Å²) in [7, 11) is 0. The molecule has 0 radical (unpaired) electrons. The zero-order chi connectivity index (χ0) is 18.5. The summed E-state index contributed by atoms with van der Waals surface area (Å²) in [5.74, 6) is 0.0892. The molecule has 0 aromatic carbocycles. The summed E-state index contributed by atoms with van der Waals surface area (Å²) in [6.45, 7) is 4.20. The topological polar surface area (TPSA) is 125 Å². The summed E-state index contributed by atoms with van der Waals surface area (Å²) in [6.07, 6.45) is 5.41. The van der Waals surface area contributed by atoms with E-state index in [0.717, 1.165) is 32.5 Å². The van der Waals surface area contributed by atoms with E-state index in [1.807, 2.05) is 0 Å². The zero-order valence-corrected chi connectivity index (χ0v) is 14.8. The van der Waals surface area contributed by atoms with Crippen LogP contribution in [0.25, 0.3) is 0 Å². The molecule has 3 rings (SSSR count). The Kier molecular flexibility index (Phi) is 5.79. The van der Waals surface area contributed by atoms with Gasteiger partial charge in [0.25, 0.3) is 5.91 Å². The first kappa shape index (κ1) is 18.3. The molecule has 2 aromatic rings. The minimum atomic E-state index is -0.379. The van der Waals surface area contributed by atoms with E-state index >= 15 is 0 Å². The van der Waals surface area contributed by atoms with E-state index in [-0.39, 0.29) is 30.5 Å². The smallest absolute Gasteiger partial charge is 0.273 e. The monoisotopic (exact) mass is 360 g/mol. The fourth-order valence-electron chi connectivity index (χ4n) is 3.11. The quantitative estimate of drug-likeness (QED) is 0.576. The number of aromatic nitrogens is 4. The van der Waals surface area contributed by atoms with Crippen LogP contribution in [-0.2, 0) is 19.7 Å². The van der Waals surface area contributed by atoms with E-state index < -0.39 is 0 Å². The van der Waals surface area contributed by atoms with Gasteiger partial charge in [0.1, 0.15) is 5.75 Å². The molecule has 0 unspecified atom stereocenters. The van der Waals surface area contributed by atoms with Gasteiger partial charge >= 0.3 is 0 Å². The summed E-state index contributed by atoms with van der Waals surface area (Å²) in [4.78, 5) is 16.3. The van der Waals surface area contributed by atoms with Gasteiger partial charge in [-0.15, -0.1) is 5.10 Å². The number of carbonyl (C=O) groups excluding carboxylic acids is 1. The summed E-state index contributed by atoms with van der Waals surface area (Å²) in [6, 6.07) is 0. The molecule has 1 fully saturated rings. The maximum atomic E-state index is 12.3. The molecule has 140 valence electrons. The van der Waals surface area contributed by atoms with E-state index in [9.17, 15) is 15.0 Å². The Balaban J connectivity index is 1.61. The van der Waals surface area contributed by atoms with Gasteiger partial charge in [0, 0.05) is 30.4 Å². The standard InChI is InChI=1S/C17H24N6O3/c1-11-16(25)14(13(10-24)6-19-11)7-20-17(26)15-9-23(22-21-15)8-12-3-2-4-18-5-12/h6,9,12,18,24-25H,2-5,7-8,10H2,1H3,(H,20,26)/t12-/m1/s1. The van der Waals surface area contributed by atoms with Crippen LogP contribution in [0.5, 0.6) is 5.75 Å². The van der Waals surface area contributed by atoms with Crippen LogP contribution in [0.15, 0.2) is 12.4 Å². The highest BCUT2D eigenvalue weighted by atomic mass is 16.3. The van der Waals surface area contributed by atoms with E-state index in [4.69, 9.17) is 0 Å². The number of pyridine rings is 1. The maximum absolute atomic E-state index is 12.3. The zero-order valence-electron chi connectivity index (χ0n) is 14.8. The minimum Gasteiger partial charge on any atom is -0.506 e. The van der Waals surface area contributed by atoms with Gasteiger partial charge in [-0.3, -0.25) is 14.5 Å². The summed E-state index contributed by atoms with van der Waals surface area (Å²) >= 11 is 0. The van der Waals surface area contributed by atoms with Gasteiger partial charge in [0.05, 0.1) is 18.5 Å². The number of aromatic hydroxyl groups is 1. The highest BCUT2D eigenvalue weighted by Crippen LogP contribution is 2.23. The molecule has 26 heavy (non-hydrogen) atoms. The number of hydrogen-bond acceptors (Lipinski definition) is 7. The molecule has 9 heteroatoms. The Morgan fingerprint density at radius 2 is 2.35 bits per heavy atom. The third-order valence-corrected chi connectivity index (χ3v) is 4.64. The minimum absolute atomic E-state index is 0.0229. The SMILES string of the molecule is Cc1ncc(CO)c(CNC(=O)c2cn(C[C@@H]3CCCNC3)nn2)c1O. The molecule has 1 aliphatic heterocycles. The fraction of sp³-hybridized carbons (Fsp3) is 0.529. The number of aliphatic hydroxyl groups is 1. The number of aryl methyl sites for hydroxylation is 1. The molecule has 0 aliphatic carbocycles. The van der Waals surface area contributed by atoms with Crippen molar-refractivity contribution in [3.8, 4) is 5.75 Å². The van der Waals surface area contributed by atoms with Crippen LogP contribution >= 0.6 is 0 Å². The third kappa shape index (κ3) is 4.17. The average molecular weight is 360 g/mol. The van der Waals surface area contributed by atoms with Crippen molar-refractivity contribution in [1.82, 2.24) is 30.6 Å². The van der Waals surface area contributed by atoms with Crippen molar-refractivity contribution in [2.75, 3.05) is 13.1 Å². The lowest BCUT2D eigenvalue weighted by Gasteiger charge is -2.22. The van der Waals surface area contributed by atoms with Gasteiger partial charge in [0.15, 0.2) is 5.69 Å². The van der Waals surface area contributed by atoms with Crippen molar-refractivity contribution in [3.63, 3.8) is 0 Å². The molecule has 9 nitrogen and oxygen atoms in total. The number of amides is 1. The Morgan fingerprint density at radius 3 is 3.08 bits per heavy atom. The first-order chi connectivity index (χ1) is 12.6. The Labute approximate surface area is 151 Å². The van der Waals surface area contributed by atoms with Crippen molar-refractivity contribution in [2.45, 2.75) is 39.5 Å². The van der Waals surface area contributed by atoms with Gasteiger partial charge in [-0.05, 0) is 38.8 Å². The summed E-state index contributed by atoms with van der Waals surface area (Å²) in [5.41, 5.74) is 1.60. The molecular weight excluding hydrogens is 336 g/mol. The lowest BCUT2D eigenvalue weighted by Crippen LogP contribution is -2.32. The van der Waals surface area contributed by atoms with Gasteiger partial charge in [-0.2, -0.15) is 0 Å². The van der Waals surface area contributed by atoms with E-state index in [2.05, 4.69) is 25.9 Å². The normalized spacial score (nSPS) is 17.2. The van der Waals surface area contributed by atoms with Crippen molar-refractivity contribution in [1.29, 1.82) is 0 Å². The number of piperidine rings is 1. The number of hydrogen-bond donors (Lipinski definition) is 4. The second-order valence-corrected chi connectivity index (χ2v) is 6.57. The molecule has 0 bridgehead atoms. The predicted molar refractivity (Wildman–Crippen MR) is 93.3 cm³/mol. The van der Waals surface area contributed by atoms with Crippen molar-refractivity contribution in [3.05, 3.63) is 34.9 Å². The van der Waals surface area contributed by atoms with Crippen LogP contribution in [0.4, 0.5) is 0 Å². The lowest BCUT2D eigenvalue weighted by atomic mass is 10.00. The lowest BCUT2D eigenvalue weighted by molar-refractivity contribution is 0.0945. The molecule has 1 amide bonds. The van der Waals surface area contributed by atoms with Gasteiger partial charge in [-0.1, -0.05) is 5.21 Å². The first-order valence-corrected chi connectivity index (χ1v) is 8.74. The molecule has 2 aromatic heterocycles. The second-order valence-electron chi connectivity index (χ2n) is 6.57. The first-order valence-electron chi connectivity index (χ1n) is 8.74. The van der Waals surface area contributed by atoms with Gasteiger partial charge in [0.2, 0.25) is 0 Å². The fourth-order valence-corrected chi connectivity index (χ4v) is 3.11. The van der Waals surface area contributed by atoms with Crippen LogP contribution in [0.3, 0.4) is 0 Å². The second kappa shape index (κ2) is 8.24. The molecule has 0 spiro atoms. The van der Waals surface area contributed by atoms with Gasteiger partial charge < -0.3 is 20.8 Å². The van der Waals surface area contributed by atoms with Crippen LogP contribution < -0.4 is 10.6 Å². The number of carbonyl (C=O) groups is 1.